The van der Waals surface area contributed by atoms with Crippen molar-refractivity contribution in [2.75, 3.05) is 20.7 Å². The SMILES string of the molecule is COc1ccc(C(=O)N(C)CC(O)c2cccs2)cc1. The summed E-state index contributed by atoms with van der Waals surface area (Å²) in [7, 11) is 3.27. The Kier molecular flexibility index (Phi) is 4.76. The van der Waals surface area contributed by atoms with E-state index in [4.69, 9.17) is 4.74 Å². The van der Waals surface area contributed by atoms with Gasteiger partial charge in [0, 0.05) is 17.5 Å². The van der Waals surface area contributed by atoms with Crippen molar-refractivity contribution in [2.24, 2.45) is 0 Å². The van der Waals surface area contributed by atoms with E-state index in [-0.39, 0.29) is 12.5 Å². The Morgan fingerprint density at radius 3 is 2.60 bits per heavy atom. The zero-order valence-electron chi connectivity index (χ0n) is 11.4. The van der Waals surface area contributed by atoms with Crippen molar-refractivity contribution >= 4 is 17.2 Å². The maximum Gasteiger partial charge on any atom is 0.253 e. The van der Waals surface area contributed by atoms with Crippen LogP contribution in [0.25, 0.3) is 0 Å². The summed E-state index contributed by atoms with van der Waals surface area (Å²) in [6, 6.07) is 10.7. The molecule has 4 nitrogen and oxygen atoms in total. The van der Waals surface area contributed by atoms with Crippen LogP contribution < -0.4 is 4.74 Å². The molecule has 0 aliphatic rings. The second-order valence-corrected chi connectivity index (χ2v) is 5.42. The van der Waals surface area contributed by atoms with Gasteiger partial charge in [-0.05, 0) is 35.7 Å². The smallest absolute Gasteiger partial charge is 0.253 e. The molecule has 2 aromatic rings. The van der Waals surface area contributed by atoms with Crippen LogP contribution in [0.1, 0.15) is 21.3 Å². The Labute approximate surface area is 122 Å². The number of nitrogens with zero attached hydrogens (tertiary/aromatic N) is 1. The molecule has 0 saturated heterocycles. The van der Waals surface area contributed by atoms with Gasteiger partial charge in [-0.25, -0.2) is 0 Å². The molecule has 0 aliphatic heterocycles. The zero-order valence-corrected chi connectivity index (χ0v) is 12.3. The van der Waals surface area contributed by atoms with Crippen LogP contribution in [-0.2, 0) is 0 Å². The van der Waals surface area contributed by atoms with Crippen molar-refractivity contribution in [3.8, 4) is 5.75 Å². The van der Waals surface area contributed by atoms with Crippen LogP contribution in [0.2, 0.25) is 0 Å². The number of aliphatic hydroxyl groups is 1. The van der Waals surface area contributed by atoms with Crippen LogP contribution in [0, 0.1) is 0 Å². The lowest BCUT2D eigenvalue weighted by molar-refractivity contribution is 0.0685. The molecule has 1 amide bonds. The van der Waals surface area contributed by atoms with Crippen molar-refractivity contribution in [1.29, 1.82) is 0 Å². The third-order valence-electron chi connectivity index (χ3n) is 3.00. The summed E-state index contributed by atoms with van der Waals surface area (Å²) in [6.45, 7) is 0.269. The van der Waals surface area contributed by atoms with E-state index in [9.17, 15) is 9.90 Å². The van der Waals surface area contributed by atoms with E-state index in [2.05, 4.69) is 0 Å². The lowest BCUT2D eigenvalue weighted by Gasteiger charge is -2.20. The van der Waals surface area contributed by atoms with Crippen molar-refractivity contribution < 1.29 is 14.6 Å². The first-order valence-electron chi connectivity index (χ1n) is 6.23. The maximum atomic E-state index is 12.2. The number of methoxy groups -OCH3 is 1. The van der Waals surface area contributed by atoms with Crippen LogP contribution in [0.15, 0.2) is 41.8 Å². The molecule has 0 saturated carbocycles. The molecule has 20 heavy (non-hydrogen) atoms. The molecule has 0 radical (unpaired) electrons. The first kappa shape index (κ1) is 14.6. The first-order chi connectivity index (χ1) is 9.61. The Balaban J connectivity index is 2.00. The normalized spacial score (nSPS) is 11.9. The Hall–Kier alpha value is -1.85. The number of hydrogen-bond donors (Lipinski definition) is 1. The molecule has 5 heteroatoms. The highest BCUT2D eigenvalue weighted by atomic mass is 32.1. The predicted molar refractivity (Wildman–Crippen MR) is 79.2 cm³/mol. The molecule has 1 aromatic carbocycles. The minimum Gasteiger partial charge on any atom is -0.497 e. The van der Waals surface area contributed by atoms with Gasteiger partial charge in [-0.2, -0.15) is 0 Å². The standard InChI is InChI=1S/C15H17NO3S/c1-16(10-13(17)14-4-3-9-20-14)15(18)11-5-7-12(19-2)8-6-11/h3-9,13,17H,10H2,1-2H3. The Morgan fingerprint density at radius 1 is 1.35 bits per heavy atom. The number of amides is 1. The van der Waals surface area contributed by atoms with E-state index in [1.807, 2.05) is 17.5 Å². The van der Waals surface area contributed by atoms with Crippen molar-refractivity contribution in [3.05, 3.63) is 52.2 Å². The first-order valence-corrected chi connectivity index (χ1v) is 7.10. The number of ether oxygens (including phenoxy) is 1. The van der Waals surface area contributed by atoms with Gasteiger partial charge < -0.3 is 14.7 Å². The molecule has 1 heterocycles. The highest BCUT2D eigenvalue weighted by molar-refractivity contribution is 7.10. The molecule has 0 spiro atoms. The number of rotatable bonds is 5. The van der Waals surface area contributed by atoms with Crippen molar-refractivity contribution in [3.63, 3.8) is 0 Å². The van der Waals surface area contributed by atoms with Crippen LogP contribution in [0.4, 0.5) is 0 Å². The van der Waals surface area contributed by atoms with Gasteiger partial charge in [0.05, 0.1) is 13.7 Å². The number of benzene rings is 1. The molecule has 0 bridgehead atoms. The summed E-state index contributed by atoms with van der Waals surface area (Å²) in [5, 5.41) is 12.0. The highest BCUT2D eigenvalue weighted by Gasteiger charge is 2.17. The third kappa shape index (κ3) is 3.37. The zero-order chi connectivity index (χ0) is 14.5. The predicted octanol–water partition coefficient (Wildman–Crippen LogP) is 2.56. The van der Waals surface area contributed by atoms with Crippen LogP contribution in [0.5, 0.6) is 5.75 Å². The van der Waals surface area contributed by atoms with Crippen LogP contribution in [0.3, 0.4) is 0 Å². The molecular formula is C15H17NO3S. The van der Waals surface area contributed by atoms with E-state index < -0.39 is 6.10 Å². The molecule has 0 aliphatic carbocycles. The average molecular weight is 291 g/mol. The summed E-state index contributed by atoms with van der Waals surface area (Å²) in [4.78, 5) is 14.6. The minimum atomic E-state index is -0.651. The van der Waals surface area contributed by atoms with Gasteiger partial charge >= 0.3 is 0 Å². The number of carbonyl (C=O) groups is 1. The fourth-order valence-electron chi connectivity index (χ4n) is 1.87. The molecule has 1 atom stereocenters. The van der Waals surface area contributed by atoms with E-state index in [0.29, 0.717) is 11.3 Å². The van der Waals surface area contributed by atoms with Gasteiger partial charge in [-0.15, -0.1) is 11.3 Å². The van der Waals surface area contributed by atoms with Gasteiger partial charge in [0.2, 0.25) is 0 Å². The Bertz CT molecular complexity index is 551. The fraction of sp³-hybridized carbons (Fsp3) is 0.267. The molecule has 1 N–H and O–H groups in total. The largest absolute Gasteiger partial charge is 0.497 e. The van der Waals surface area contributed by atoms with E-state index >= 15 is 0 Å². The van der Waals surface area contributed by atoms with Gasteiger partial charge in [-0.3, -0.25) is 4.79 Å². The highest BCUT2D eigenvalue weighted by Crippen LogP contribution is 2.20. The number of carbonyl (C=O) groups excluding carboxylic acids is 1. The number of aliphatic hydroxyl groups excluding tert-OH is 1. The summed E-state index contributed by atoms with van der Waals surface area (Å²) in [6.07, 6.45) is -0.651. The molecule has 1 aromatic heterocycles. The molecule has 1 unspecified atom stereocenters. The van der Waals surface area contributed by atoms with Gasteiger partial charge in [0.25, 0.3) is 5.91 Å². The lowest BCUT2D eigenvalue weighted by Crippen LogP contribution is -2.30. The fourth-order valence-corrected chi connectivity index (χ4v) is 2.57. The van der Waals surface area contributed by atoms with E-state index in [0.717, 1.165) is 4.88 Å². The number of thiophene rings is 1. The molecule has 106 valence electrons. The van der Waals surface area contributed by atoms with Crippen LogP contribution >= 0.6 is 11.3 Å². The van der Waals surface area contributed by atoms with Gasteiger partial charge in [-0.1, -0.05) is 6.07 Å². The maximum absolute atomic E-state index is 12.2. The summed E-state index contributed by atoms with van der Waals surface area (Å²) in [5.74, 6) is 0.589. The lowest BCUT2D eigenvalue weighted by atomic mass is 10.2. The summed E-state index contributed by atoms with van der Waals surface area (Å²) < 4.78 is 5.06. The quantitative estimate of drug-likeness (QED) is 0.921. The second-order valence-electron chi connectivity index (χ2n) is 4.45. The van der Waals surface area contributed by atoms with Gasteiger partial charge in [0.15, 0.2) is 0 Å². The number of likely N-dealkylation sites (N-methyl/N-ethyl adjacent to an activating group) is 1. The molecular weight excluding hydrogens is 274 g/mol. The van der Waals surface area contributed by atoms with Gasteiger partial charge in [0.1, 0.15) is 11.9 Å². The van der Waals surface area contributed by atoms with Crippen molar-refractivity contribution in [2.45, 2.75) is 6.10 Å². The van der Waals surface area contributed by atoms with E-state index in [1.54, 1.807) is 38.4 Å². The molecule has 0 fully saturated rings. The van der Waals surface area contributed by atoms with Crippen molar-refractivity contribution in [1.82, 2.24) is 4.90 Å². The topological polar surface area (TPSA) is 49.8 Å². The monoisotopic (exact) mass is 291 g/mol. The van der Waals surface area contributed by atoms with Crippen LogP contribution in [-0.4, -0.2) is 36.6 Å². The minimum absolute atomic E-state index is 0.122. The number of hydrogen-bond acceptors (Lipinski definition) is 4. The second kappa shape index (κ2) is 6.54. The summed E-state index contributed by atoms with van der Waals surface area (Å²) in [5.41, 5.74) is 0.576. The summed E-state index contributed by atoms with van der Waals surface area (Å²) >= 11 is 1.48. The van der Waals surface area contributed by atoms with E-state index in [1.165, 1.54) is 16.2 Å². The average Bonchev–Trinajstić information content (AvgIpc) is 3.01. The molecule has 2 rings (SSSR count). The third-order valence-corrected chi connectivity index (χ3v) is 3.98. The Morgan fingerprint density at radius 2 is 2.05 bits per heavy atom.